The van der Waals surface area contributed by atoms with Gasteiger partial charge in [0, 0.05) is 30.5 Å². The second-order valence-electron chi connectivity index (χ2n) is 4.87. The van der Waals surface area contributed by atoms with E-state index >= 15 is 0 Å². The molecule has 0 aromatic heterocycles. The first-order valence-electron chi connectivity index (χ1n) is 7.21. The Morgan fingerprint density at radius 3 is 2.57 bits per heavy atom. The quantitative estimate of drug-likeness (QED) is 0.606. The number of ether oxygens (including phenoxy) is 1. The first-order valence-corrected chi connectivity index (χ1v) is 7.21. The van der Waals surface area contributed by atoms with Crippen LogP contribution in [0.25, 0.3) is 0 Å². The van der Waals surface area contributed by atoms with Gasteiger partial charge in [-0.3, -0.25) is 0 Å². The summed E-state index contributed by atoms with van der Waals surface area (Å²) in [4.78, 5) is 2.21. The lowest BCUT2D eigenvalue weighted by Gasteiger charge is -2.23. The molecule has 0 aliphatic carbocycles. The van der Waals surface area contributed by atoms with Gasteiger partial charge < -0.3 is 20.5 Å². The molecule has 0 fully saturated rings. The number of benzene rings is 2. The van der Waals surface area contributed by atoms with Gasteiger partial charge in [0.1, 0.15) is 11.5 Å². The number of hydrogen-bond acceptors (Lipinski definition) is 4. The van der Waals surface area contributed by atoms with Crippen LogP contribution < -0.4 is 15.4 Å². The van der Waals surface area contributed by atoms with Crippen molar-refractivity contribution in [2.75, 3.05) is 30.3 Å². The zero-order chi connectivity index (χ0) is 15.1. The Bertz CT molecular complexity index is 555. The molecule has 112 valence electrons. The number of hydrogen-bond donors (Lipinski definition) is 2. The summed E-state index contributed by atoms with van der Waals surface area (Å²) in [7, 11) is 0. The average molecular weight is 286 g/mol. The van der Waals surface area contributed by atoms with Crippen LogP contribution in [0.15, 0.2) is 48.5 Å². The molecule has 4 heteroatoms. The second-order valence-corrected chi connectivity index (χ2v) is 4.87. The summed E-state index contributed by atoms with van der Waals surface area (Å²) >= 11 is 0. The normalized spacial score (nSPS) is 10.3. The molecule has 0 amide bonds. The standard InChI is InChI=1S/C17H22N2O2/c1-2-19(15-5-3-6-16(20)13-15)11-4-12-21-17-9-7-14(18)8-10-17/h3,5-10,13,20H,2,4,11-12,18H2,1H3. The van der Waals surface area contributed by atoms with Crippen LogP contribution in [0.1, 0.15) is 13.3 Å². The van der Waals surface area contributed by atoms with Gasteiger partial charge in [0.2, 0.25) is 0 Å². The van der Waals surface area contributed by atoms with E-state index in [0.717, 1.165) is 36.6 Å². The Balaban J connectivity index is 1.80. The van der Waals surface area contributed by atoms with Gasteiger partial charge in [0.25, 0.3) is 0 Å². The average Bonchev–Trinajstić information content (AvgIpc) is 2.49. The molecule has 0 aliphatic rings. The minimum absolute atomic E-state index is 0.295. The Kier molecular flexibility index (Phi) is 5.32. The van der Waals surface area contributed by atoms with Crippen LogP contribution in [0, 0.1) is 0 Å². The minimum Gasteiger partial charge on any atom is -0.508 e. The number of phenols is 1. The van der Waals surface area contributed by atoms with Crippen LogP contribution in [0.4, 0.5) is 11.4 Å². The molecule has 0 saturated carbocycles. The van der Waals surface area contributed by atoms with Crippen LogP contribution >= 0.6 is 0 Å². The summed E-state index contributed by atoms with van der Waals surface area (Å²) < 4.78 is 5.68. The third-order valence-corrected chi connectivity index (χ3v) is 3.30. The molecule has 0 atom stereocenters. The summed E-state index contributed by atoms with van der Waals surface area (Å²) in [5, 5.41) is 9.54. The fourth-order valence-corrected chi connectivity index (χ4v) is 2.17. The van der Waals surface area contributed by atoms with Crippen LogP contribution in [0.3, 0.4) is 0 Å². The van der Waals surface area contributed by atoms with Gasteiger partial charge in [-0.2, -0.15) is 0 Å². The molecule has 2 aromatic rings. The molecule has 4 nitrogen and oxygen atoms in total. The van der Waals surface area contributed by atoms with Crippen molar-refractivity contribution in [1.29, 1.82) is 0 Å². The number of aromatic hydroxyl groups is 1. The third-order valence-electron chi connectivity index (χ3n) is 3.30. The van der Waals surface area contributed by atoms with E-state index in [-0.39, 0.29) is 0 Å². The van der Waals surface area contributed by atoms with Gasteiger partial charge >= 0.3 is 0 Å². The van der Waals surface area contributed by atoms with Crippen molar-refractivity contribution in [3.63, 3.8) is 0 Å². The number of phenolic OH excluding ortho intramolecular Hbond substituents is 1. The van der Waals surface area contributed by atoms with E-state index < -0.39 is 0 Å². The van der Waals surface area contributed by atoms with Crippen molar-refractivity contribution >= 4 is 11.4 Å². The molecule has 0 spiro atoms. The molecular weight excluding hydrogens is 264 g/mol. The smallest absolute Gasteiger partial charge is 0.119 e. The topological polar surface area (TPSA) is 58.7 Å². The molecule has 21 heavy (non-hydrogen) atoms. The molecular formula is C17H22N2O2. The van der Waals surface area contributed by atoms with E-state index in [1.54, 1.807) is 12.1 Å². The predicted octanol–water partition coefficient (Wildman–Crippen LogP) is 3.27. The van der Waals surface area contributed by atoms with Crippen molar-refractivity contribution in [2.45, 2.75) is 13.3 Å². The molecule has 0 radical (unpaired) electrons. The fraction of sp³-hybridized carbons (Fsp3) is 0.294. The Morgan fingerprint density at radius 2 is 1.90 bits per heavy atom. The Labute approximate surface area is 125 Å². The van der Waals surface area contributed by atoms with Gasteiger partial charge in [-0.15, -0.1) is 0 Å². The molecule has 0 bridgehead atoms. The molecule has 0 unspecified atom stereocenters. The number of nitrogens with zero attached hydrogens (tertiary/aromatic N) is 1. The highest BCUT2D eigenvalue weighted by Gasteiger charge is 2.04. The van der Waals surface area contributed by atoms with Crippen LogP contribution in [-0.2, 0) is 0 Å². The SMILES string of the molecule is CCN(CCCOc1ccc(N)cc1)c1cccc(O)c1. The molecule has 0 heterocycles. The van der Waals surface area contributed by atoms with Crippen molar-refractivity contribution in [3.8, 4) is 11.5 Å². The highest BCUT2D eigenvalue weighted by Crippen LogP contribution is 2.20. The number of rotatable bonds is 7. The van der Waals surface area contributed by atoms with Crippen LogP contribution in [0.2, 0.25) is 0 Å². The van der Waals surface area contributed by atoms with E-state index in [4.69, 9.17) is 10.5 Å². The van der Waals surface area contributed by atoms with Crippen molar-refractivity contribution in [1.82, 2.24) is 0 Å². The lowest BCUT2D eigenvalue weighted by molar-refractivity contribution is 0.312. The maximum Gasteiger partial charge on any atom is 0.119 e. The predicted molar refractivity (Wildman–Crippen MR) is 87.0 cm³/mol. The van der Waals surface area contributed by atoms with Gasteiger partial charge in [-0.25, -0.2) is 0 Å². The molecule has 2 rings (SSSR count). The van der Waals surface area contributed by atoms with Crippen LogP contribution in [-0.4, -0.2) is 24.8 Å². The highest BCUT2D eigenvalue weighted by atomic mass is 16.5. The third kappa shape index (κ3) is 4.60. The zero-order valence-corrected chi connectivity index (χ0v) is 12.3. The van der Waals surface area contributed by atoms with Gasteiger partial charge in [0.05, 0.1) is 6.61 Å². The summed E-state index contributed by atoms with van der Waals surface area (Å²) in [5.74, 6) is 1.13. The van der Waals surface area contributed by atoms with E-state index in [1.165, 1.54) is 0 Å². The summed E-state index contributed by atoms with van der Waals surface area (Å²) in [6.07, 6.45) is 0.911. The monoisotopic (exact) mass is 286 g/mol. The van der Waals surface area contributed by atoms with Gasteiger partial charge in [-0.1, -0.05) is 6.07 Å². The van der Waals surface area contributed by atoms with E-state index in [0.29, 0.717) is 12.4 Å². The number of anilines is 2. The van der Waals surface area contributed by atoms with E-state index in [2.05, 4.69) is 11.8 Å². The molecule has 0 aliphatic heterocycles. The van der Waals surface area contributed by atoms with Gasteiger partial charge in [-0.05, 0) is 49.7 Å². The summed E-state index contributed by atoms with van der Waals surface area (Å²) in [5.41, 5.74) is 7.40. The van der Waals surface area contributed by atoms with Crippen molar-refractivity contribution < 1.29 is 9.84 Å². The zero-order valence-electron chi connectivity index (χ0n) is 12.3. The fourth-order valence-electron chi connectivity index (χ4n) is 2.17. The van der Waals surface area contributed by atoms with E-state index in [1.807, 2.05) is 36.4 Å². The number of nitrogen functional groups attached to an aromatic ring is 1. The van der Waals surface area contributed by atoms with Gasteiger partial charge in [0.15, 0.2) is 0 Å². The summed E-state index contributed by atoms with van der Waals surface area (Å²) in [6.45, 7) is 4.53. The minimum atomic E-state index is 0.295. The second kappa shape index (κ2) is 7.43. The maximum absolute atomic E-state index is 9.54. The first-order chi connectivity index (χ1) is 10.2. The lowest BCUT2D eigenvalue weighted by atomic mass is 10.2. The van der Waals surface area contributed by atoms with Crippen molar-refractivity contribution in [3.05, 3.63) is 48.5 Å². The van der Waals surface area contributed by atoms with Crippen molar-refractivity contribution in [2.24, 2.45) is 0 Å². The molecule has 0 saturated heterocycles. The molecule has 2 aromatic carbocycles. The highest BCUT2D eigenvalue weighted by molar-refractivity contribution is 5.50. The lowest BCUT2D eigenvalue weighted by Crippen LogP contribution is -2.25. The van der Waals surface area contributed by atoms with Crippen LogP contribution in [0.5, 0.6) is 11.5 Å². The number of nitrogens with two attached hydrogens (primary N) is 1. The maximum atomic E-state index is 9.54. The Hall–Kier alpha value is -2.36. The Morgan fingerprint density at radius 1 is 1.14 bits per heavy atom. The van der Waals surface area contributed by atoms with E-state index in [9.17, 15) is 5.11 Å². The molecule has 3 N–H and O–H groups in total. The summed E-state index contributed by atoms with van der Waals surface area (Å²) in [6, 6.07) is 14.7. The largest absolute Gasteiger partial charge is 0.508 e. The first kappa shape index (κ1) is 15.0.